The molecule has 0 radical (unpaired) electrons. The van der Waals surface area contributed by atoms with Gasteiger partial charge in [0.25, 0.3) is 0 Å². The first kappa shape index (κ1) is 12.9. The Kier molecular flexibility index (Phi) is 3.86. The largest absolute Gasteiger partial charge is 0.394 e. The first-order chi connectivity index (χ1) is 7.58. The molecule has 0 aliphatic heterocycles. The van der Waals surface area contributed by atoms with Crippen molar-refractivity contribution < 1.29 is 20.1 Å². The van der Waals surface area contributed by atoms with Crippen LogP contribution >= 0.6 is 0 Å². The van der Waals surface area contributed by atoms with Crippen molar-refractivity contribution in [1.82, 2.24) is 5.32 Å². The molecule has 0 spiro atoms. The molecule has 0 heterocycles. The number of hydrogen-bond acceptors (Lipinski definition) is 5. The summed E-state index contributed by atoms with van der Waals surface area (Å²) >= 11 is 0. The molecule has 4 N–H and O–H groups in total. The molecule has 16 heavy (non-hydrogen) atoms. The molecule has 0 unspecified atom stereocenters. The lowest BCUT2D eigenvalue weighted by Gasteiger charge is -2.38. The summed E-state index contributed by atoms with van der Waals surface area (Å²) in [7, 11) is 0. The van der Waals surface area contributed by atoms with Crippen LogP contribution in [0.3, 0.4) is 0 Å². The minimum absolute atomic E-state index is 0.480. The van der Waals surface area contributed by atoms with E-state index in [2.05, 4.69) is 5.32 Å². The third kappa shape index (κ3) is 2.02. The van der Waals surface area contributed by atoms with Gasteiger partial charge in [0.2, 0.25) is 5.91 Å². The topological polar surface area (TPSA) is 114 Å². The van der Waals surface area contributed by atoms with Crippen LogP contribution in [0, 0.1) is 16.7 Å². The van der Waals surface area contributed by atoms with Gasteiger partial charge in [0.15, 0.2) is 0 Å². The zero-order valence-corrected chi connectivity index (χ0v) is 8.94. The standard InChI is InChI=1S/C10H16N2O4/c11-4-9(2-1-3-9)8(16)12-10(5-13,6-14)7-15/h13-15H,1-3,5-7H2,(H,12,16). The Labute approximate surface area is 93.5 Å². The van der Waals surface area contributed by atoms with E-state index < -0.39 is 36.7 Å². The Bertz CT molecular complexity index is 294. The van der Waals surface area contributed by atoms with E-state index in [1.165, 1.54) is 0 Å². The van der Waals surface area contributed by atoms with Gasteiger partial charge in [-0.2, -0.15) is 5.26 Å². The Hall–Kier alpha value is -1.16. The molecule has 1 fully saturated rings. The number of nitrogens with zero attached hydrogens (tertiary/aromatic N) is 1. The van der Waals surface area contributed by atoms with Crippen molar-refractivity contribution in [3.05, 3.63) is 0 Å². The molecule has 0 aromatic rings. The Morgan fingerprint density at radius 2 is 1.81 bits per heavy atom. The summed E-state index contributed by atoms with van der Waals surface area (Å²) in [6.45, 7) is -1.73. The minimum atomic E-state index is -1.45. The molecule has 6 nitrogen and oxygen atoms in total. The Morgan fingerprint density at radius 3 is 2.06 bits per heavy atom. The van der Waals surface area contributed by atoms with Crippen LogP contribution in [0.25, 0.3) is 0 Å². The van der Waals surface area contributed by atoms with Crippen molar-refractivity contribution in [2.45, 2.75) is 24.8 Å². The highest BCUT2D eigenvalue weighted by atomic mass is 16.3. The fourth-order valence-corrected chi connectivity index (χ4v) is 1.55. The number of rotatable bonds is 5. The number of aliphatic hydroxyl groups is 3. The maximum atomic E-state index is 11.8. The summed E-state index contributed by atoms with van der Waals surface area (Å²) in [5.74, 6) is -0.529. The van der Waals surface area contributed by atoms with Crippen LogP contribution in [-0.2, 0) is 4.79 Å². The van der Waals surface area contributed by atoms with Crippen LogP contribution in [0.1, 0.15) is 19.3 Å². The van der Waals surface area contributed by atoms with Crippen molar-refractivity contribution in [1.29, 1.82) is 5.26 Å². The van der Waals surface area contributed by atoms with Crippen LogP contribution in [0.2, 0.25) is 0 Å². The maximum Gasteiger partial charge on any atom is 0.241 e. The molecule has 90 valence electrons. The zero-order valence-electron chi connectivity index (χ0n) is 8.94. The van der Waals surface area contributed by atoms with Crippen LogP contribution < -0.4 is 5.32 Å². The normalized spacial score (nSPS) is 18.4. The highest BCUT2D eigenvalue weighted by molar-refractivity contribution is 5.87. The quantitative estimate of drug-likeness (QED) is 0.458. The van der Waals surface area contributed by atoms with Gasteiger partial charge in [-0.3, -0.25) is 4.79 Å². The summed E-state index contributed by atoms with van der Waals surface area (Å²) in [5.41, 5.74) is -2.50. The molecule has 1 rings (SSSR count). The smallest absolute Gasteiger partial charge is 0.241 e. The lowest BCUT2D eigenvalue weighted by molar-refractivity contribution is -0.136. The van der Waals surface area contributed by atoms with E-state index in [-0.39, 0.29) is 0 Å². The molecule has 6 heteroatoms. The molecular weight excluding hydrogens is 212 g/mol. The third-order valence-corrected chi connectivity index (χ3v) is 3.14. The van der Waals surface area contributed by atoms with Gasteiger partial charge >= 0.3 is 0 Å². The summed E-state index contributed by atoms with van der Waals surface area (Å²) in [4.78, 5) is 11.8. The van der Waals surface area contributed by atoms with Crippen LogP contribution in [-0.4, -0.2) is 46.6 Å². The van der Waals surface area contributed by atoms with Gasteiger partial charge in [-0.1, -0.05) is 0 Å². The van der Waals surface area contributed by atoms with Crippen molar-refractivity contribution in [3.63, 3.8) is 0 Å². The minimum Gasteiger partial charge on any atom is -0.394 e. The second-order valence-corrected chi connectivity index (χ2v) is 4.26. The number of aliphatic hydroxyl groups excluding tert-OH is 3. The average Bonchev–Trinajstić information content (AvgIpc) is 2.25. The lowest BCUT2D eigenvalue weighted by Crippen LogP contribution is -2.61. The number of nitriles is 1. The zero-order chi connectivity index (χ0) is 12.2. The summed E-state index contributed by atoms with van der Waals surface area (Å²) in [5, 5.41) is 38.4. The second kappa shape index (κ2) is 4.78. The molecule has 0 saturated heterocycles. The van der Waals surface area contributed by atoms with Crippen LogP contribution in [0.5, 0.6) is 0 Å². The van der Waals surface area contributed by atoms with Gasteiger partial charge in [0.1, 0.15) is 11.0 Å². The van der Waals surface area contributed by atoms with E-state index in [9.17, 15) is 4.79 Å². The number of hydrogen-bond donors (Lipinski definition) is 4. The van der Waals surface area contributed by atoms with E-state index >= 15 is 0 Å². The molecule has 1 aliphatic carbocycles. The number of nitrogens with one attached hydrogen (secondary N) is 1. The van der Waals surface area contributed by atoms with Gasteiger partial charge in [0, 0.05) is 0 Å². The monoisotopic (exact) mass is 228 g/mol. The van der Waals surface area contributed by atoms with Crippen LogP contribution in [0.15, 0.2) is 0 Å². The average molecular weight is 228 g/mol. The predicted octanol–water partition coefficient (Wildman–Crippen LogP) is -1.49. The SMILES string of the molecule is N#CC1(C(=O)NC(CO)(CO)CO)CCC1. The summed E-state index contributed by atoms with van der Waals surface area (Å²) < 4.78 is 0. The highest BCUT2D eigenvalue weighted by Crippen LogP contribution is 2.40. The summed E-state index contributed by atoms with van der Waals surface area (Å²) in [6.07, 6.45) is 1.77. The first-order valence-corrected chi connectivity index (χ1v) is 5.14. The number of carbonyl (C=O) groups is 1. The third-order valence-electron chi connectivity index (χ3n) is 3.14. The molecule has 1 aliphatic rings. The fourth-order valence-electron chi connectivity index (χ4n) is 1.55. The van der Waals surface area contributed by atoms with Crippen molar-refractivity contribution in [2.24, 2.45) is 5.41 Å². The van der Waals surface area contributed by atoms with Gasteiger partial charge in [0.05, 0.1) is 25.9 Å². The van der Waals surface area contributed by atoms with Gasteiger partial charge in [-0.25, -0.2) is 0 Å². The molecule has 0 aromatic carbocycles. The fraction of sp³-hybridized carbons (Fsp3) is 0.800. The van der Waals surface area contributed by atoms with E-state index in [1.54, 1.807) is 0 Å². The lowest BCUT2D eigenvalue weighted by atomic mass is 9.69. The summed E-state index contributed by atoms with van der Waals surface area (Å²) in [6, 6.07) is 1.95. The van der Waals surface area contributed by atoms with Crippen molar-refractivity contribution in [3.8, 4) is 6.07 Å². The number of carbonyl (C=O) groups excluding carboxylic acids is 1. The van der Waals surface area contributed by atoms with Gasteiger partial charge in [-0.15, -0.1) is 0 Å². The first-order valence-electron chi connectivity index (χ1n) is 5.14. The molecule has 0 atom stereocenters. The Morgan fingerprint density at radius 1 is 1.31 bits per heavy atom. The van der Waals surface area contributed by atoms with Gasteiger partial charge in [-0.05, 0) is 19.3 Å². The van der Waals surface area contributed by atoms with E-state index in [1.807, 2.05) is 6.07 Å². The molecule has 1 amide bonds. The van der Waals surface area contributed by atoms with Gasteiger partial charge < -0.3 is 20.6 Å². The van der Waals surface area contributed by atoms with Crippen molar-refractivity contribution in [2.75, 3.05) is 19.8 Å². The highest BCUT2D eigenvalue weighted by Gasteiger charge is 2.47. The molecule has 0 aromatic heterocycles. The molecule has 1 saturated carbocycles. The maximum absolute atomic E-state index is 11.8. The van der Waals surface area contributed by atoms with Crippen molar-refractivity contribution >= 4 is 5.91 Å². The van der Waals surface area contributed by atoms with Crippen LogP contribution in [0.4, 0.5) is 0 Å². The number of amides is 1. The van der Waals surface area contributed by atoms with E-state index in [4.69, 9.17) is 20.6 Å². The second-order valence-electron chi connectivity index (χ2n) is 4.26. The van der Waals surface area contributed by atoms with E-state index in [0.29, 0.717) is 12.8 Å². The van der Waals surface area contributed by atoms with E-state index in [0.717, 1.165) is 6.42 Å². The predicted molar refractivity (Wildman–Crippen MR) is 54.0 cm³/mol. The molecular formula is C10H16N2O4. The molecule has 0 bridgehead atoms. The Balaban J connectivity index is 2.73.